The summed E-state index contributed by atoms with van der Waals surface area (Å²) >= 11 is 0. The Balaban J connectivity index is 2.62. The number of hydrogen-bond donors (Lipinski definition) is 0. The molecule has 0 spiro atoms. The van der Waals surface area contributed by atoms with Crippen LogP contribution in [0.4, 0.5) is 4.79 Å². The number of carbonyl (C=O) groups is 1. The second kappa shape index (κ2) is 4.45. The summed E-state index contributed by atoms with van der Waals surface area (Å²) in [5, 5.41) is 0. The van der Waals surface area contributed by atoms with E-state index in [-0.39, 0.29) is 0 Å². The Hall–Kier alpha value is -1.35. The predicted molar refractivity (Wildman–Crippen MR) is 54.1 cm³/mol. The number of carbonyl (C=O) groups excluding carboxylic acids is 2. The Morgan fingerprint density at radius 1 is 1.53 bits per heavy atom. The van der Waals surface area contributed by atoms with Crippen LogP contribution in [0.15, 0.2) is 4.99 Å². The lowest BCUT2D eigenvalue weighted by Gasteiger charge is -2.26. The van der Waals surface area contributed by atoms with Gasteiger partial charge in [-0.15, -0.1) is 0 Å². The van der Waals surface area contributed by atoms with Crippen molar-refractivity contribution in [3.05, 3.63) is 0 Å². The van der Waals surface area contributed by atoms with Crippen molar-refractivity contribution < 1.29 is 14.3 Å². The zero-order valence-electron chi connectivity index (χ0n) is 9.32. The number of ether oxygens (including phenoxy) is 1. The smallest absolute Gasteiger partial charge is 0.412 e. The van der Waals surface area contributed by atoms with E-state index in [2.05, 4.69) is 4.99 Å². The standard InChI is InChI=1S/C10H16N2O3/c1-10(2,3)15-9(14)12-6-4-5-8(12)11-7-13/h8H,4-6H2,1-3H3/t8-/m0/s1. The van der Waals surface area contributed by atoms with Gasteiger partial charge in [-0.2, -0.15) is 4.99 Å². The van der Waals surface area contributed by atoms with Crippen molar-refractivity contribution in [2.45, 2.75) is 45.4 Å². The molecule has 1 rings (SSSR count). The fourth-order valence-corrected chi connectivity index (χ4v) is 1.48. The highest BCUT2D eigenvalue weighted by Crippen LogP contribution is 2.20. The van der Waals surface area contributed by atoms with Crippen molar-refractivity contribution in [2.75, 3.05) is 6.54 Å². The Bertz CT molecular complexity index is 290. The first-order chi connectivity index (χ1) is 6.94. The largest absolute Gasteiger partial charge is 0.444 e. The Labute approximate surface area is 89.1 Å². The van der Waals surface area contributed by atoms with Crippen molar-refractivity contribution in [2.24, 2.45) is 4.99 Å². The van der Waals surface area contributed by atoms with Crippen LogP contribution < -0.4 is 0 Å². The predicted octanol–water partition coefficient (Wildman–Crippen LogP) is 1.68. The topological polar surface area (TPSA) is 59.0 Å². The number of aliphatic imine (C=N–C) groups is 1. The molecule has 1 heterocycles. The van der Waals surface area contributed by atoms with Crippen LogP contribution in [-0.4, -0.2) is 35.4 Å². The van der Waals surface area contributed by atoms with Gasteiger partial charge in [0.25, 0.3) is 0 Å². The van der Waals surface area contributed by atoms with Crippen LogP contribution in [0.25, 0.3) is 0 Å². The van der Waals surface area contributed by atoms with Crippen molar-refractivity contribution in [1.82, 2.24) is 4.90 Å². The molecule has 84 valence electrons. The third kappa shape index (κ3) is 3.36. The van der Waals surface area contributed by atoms with E-state index in [1.54, 1.807) is 20.8 Å². The average molecular weight is 212 g/mol. The van der Waals surface area contributed by atoms with Gasteiger partial charge in [-0.1, -0.05) is 0 Å². The Morgan fingerprint density at radius 2 is 2.20 bits per heavy atom. The molecule has 0 aromatic heterocycles. The summed E-state index contributed by atoms with van der Waals surface area (Å²) < 4.78 is 5.20. The van der Waals surface area contributed by atoms with Crippen LogP contribution in [0.2, 0.25) is 0 Å². The minimum atomic E-state index is -0.519. The molecule has 0 aliphatic carbocycles. The molecule has 1 amide bonds. The maximum Gasteiger partial charge on any atom is 0.412 e. The first-order valence-corrected chi connectivity index (χ1v) is 5.00. The van der Waals surface area contributed by atoms with Gasteiger partial charge >= 0.3 is 6.09 Å². The lowest BCUT2D eigenvalue weighted by atomic mass is 10.2. The highest BCUT2D eigenvalue weighted by atomic mass is 16.6. The normalized spacial score (nSPS) is 21.0. The molecule has 1 fully saturated rings. The number of amides is 1. The van der Waals surface area contributed by atoms with E-state index in [1.165, 1.54) is 11.0 Å². The van der Waals surface area contributed by atoms with Gasteiger partial charge in [0.1, 0.15) is 11.8 Å². The minimum Gasteiger partial charge on any atom is -0.444 e. The monoisotopic (exact) mass is 212 g/mol. The third-order valence-electron chi connectivity index (χ3n) is 2.05. The Morgan fingerprint density at radius 3 is 2.73 bits per heavy atom. The highest BCUT2D eigenvalue weighted by molar-refractivity contribution is 5.69. The van der Waals surface area contributed by atoms with Crippen LogP contribution in [-0.2, 0) is 9.53 Å². The van der Waals surface area contributed by atoms with E-state index in [9.17, 15) is 9.59 Å². The third-order valence-corrected chi connectivity index (χ3v) is 2.05. The number of rotatable bonds is 1. The van der Waals surface area contributed by atoms with Gasteiger partial charge in [0.2, 0.25) is 6.08 Å². The molecule has 0 saturated carbocycles. The molecule has 0 radical (unpaired) electrons. The first-order valence-electron chi connectivity index (χ1n) is 5.00. The molecule has 15 heavy (non-hydrogen) atoms. The molecule has 0 aromatic carbocycles. The lowest BCUT2D eigenvalue weighted by molar-refractivity contribution is 0.0233. The van der Waals surface area contributed by atoms with E-state index in [0.717, 1.165) is 6.42 Å². The first kappa shape index (κ1) is 11.7. The van der Waals surface area contributed by atoms with E-state index in [1.807, 2.05) is 0 Å². The molecule has 1 atom stereocenters. The van der Waals surface area contributed by atoms with Crippen molar-refractivity contribution in [3.63, 3.8) is 0 Å². The molecule has 5 nitrogen and oxygen atoms in total. The average Bonchev–Trinajstić information content (AvgIpc) is 2.49. The van der Waals surface area contributed by atoms with Gasteiger partial charge < -0.3 is 4.74 Å². The van der Waals surface area contributed by atoms with E-state index >= 15 is 0 Å². The van der Waals surface area contributed by atoms with E-state index in [0.29, 0.717) is 13.0 Å². The maximum absolute atomic E-state index is 11.7. The van der Waals surface area contributed by atoms with Gasteiger partial charge in [0.15, 0.2) is 0 Å². The molecule has 0 bridgehead atoms. The van der Waals surface area contributed by atoms with Gasteiger partial charge in [0, 0.05) is 6.54 Å². The van der Waals surface area contributed by atoms with Gasteiger partial charge in [-0.25, -0.2) is 9.59 Å². The Kier molecular flexibility index (Phi) is 3.48. The summed E-state index contributed by atoms with van der Waals surface area (Å²) in [7, 11) is 0. The molecule has 0 aromatic rings. The molecule has 1 saturated heterocycles. The van der Waals surface area contributed by atoms with Crippen molar-refractivity contribution >= 4 is 12.2 Å². The number of hydrogen-bond acceptors (Lipinski definition) is 4. The summed E-state index contributed by atoms with van der Waals surface area (Å²) in [4.78, 5) is 26.8. The van der Waals surface area contributed by atoms with Gasteiger partial charge in [0.05, 0.1) is 0 Å². The lowest BCUT2D eigenvalue weighted by Crippen LogP contribution is -2.39. The molecule has 0 unspecified atom stereocenters. The highest BCUT2D eigenvalue weighted by Gasteiger charge is 2.31. The molecular weight excluding hydrogens is 196 g/mol. The van der Waals surface area contributed by atoms with Crippen LogP contribution in [0.3, 0.4) is 0 Å². The SMILES string of the molecule is CC(C)(C)OC(=O)N1CCC[C@H]1N=C=O. The zero-order chi connectivity index (χ0) is 11.5. The summed E-state index contributed by atoms with van der Waals surface area (Å²) in [5.41, 5.74) is -0.519. The minimum absolute atomic E-state index is 0.391. The number of nitrogens with zero attached hydrogens (tertiary/aromatic N) is 2. The van der Waals surface area contributed by atoms with Gasteiger partial charge in [-0.3, -0.25) is 4.90 Å². The second-order valence-electron chi connectivity index (χ2n) is 4.52. The van der Waals surface area contributed by atoms with Crippen LogP contribution in [0.5, 0.6) is 0 Å². The second-order valence-corrected chi connectivity index (χ2v) is 4.52. The molecule has 1 aliphatic rings. The van der Waals surface area contributed by atoms with Gasteiger partial charge in [-0.05, 0) is 33.6 Å². The fraction of sp³-hybridized carbons (Fsp3) is 0.800. The quantitative estimate of drug-likeness (QED) is 0.490. The fourth-order valence-electron chi connectivity index (χ4n) is 1.48. The van der Waals surface area contributed by atoms with E-state index in [4.69, 9.17) is 4.74 Å². The van der Waals surface area contributed by atoms with Crippen molar-refractivity contribution in [3.8, 4) is 0 Å². The maximum atomic E-state index is 11.7. The summed E-state index contributed by atoms with van der Waals surface area (Å²) in [6, 6.07) is 0. The molecule has 0 N–H and O–H groups in total. The zero-order valence-corrected chi connectivity index (χ0v) is 9.32. The van der Waals surface area contributed by atoms with Crippen molar-refractivity contribution in [1.29, 1.82) is 0 Å². The summed E-state index contributed by atoms with van der Waals surface area (Å²) in [6.07, 6.45) is 2.22. The summed E-state index contributed by atoms with van der Waals surface area (Å²) in [6.45, 7) is 6.00. The summed E-state index contributed by atoms with van der Waals surface area (Å²) in [5.74, 6) is 0. The van der Waals surface area contributed by atoms with E-state index < -0.39 is 17.9 Å². The number of likely N-dealkylation sites (tertiary alicyclic amines) is 1. The van der Waals surface area contributed by atoms with Crippen LogP contribution in [0, 0.1) is 0 Å². The molecular formula is C10H16N2O3. The van der Waals surface area contributed by atoms with Crippen LogP contribution in [0.1, 0.15) is 33.6 Å². The molecule has 1 aliphatic heterocycles. The molecule has 5 heteroatoms. The van der Waals surface area contributed by atoms with Crippen LogP contribution >= 0.6 is 0 Å². The number of isocyanates is 1.